The first-order chi connectivity index (χ1) is 22.0. The summed E-state index contributed by atoms with van der Waals surface area (Å²) in [5.74, 6) is 0.606. The summed E-state index contributed by atoms with van der Waals surface area (Å²) in [7, 11) is 1.78. The molecule has 0 bridgehead atoms. The van der Waals surface area contributed by atoms with Gasteiger partial charge in [0, 0.05) is 73.4 Å². The molecule has 3 N–H and O–H groups in total. The van der Waals surface area contributed by atoms with Crippen molar-refractivity contribution in [2.24, 2.45) is 10.2 Å². The third-order valence-electron chi connectivity index (χ3n) is 9.15. The summed E-state index contributed by atoms with van der Waals surface area (Å²) in [6, 6.07) is 7.04. The Bertz CT molecular complexity index is 1350. The number of nitrogens with one attached hydrogen (secondary N) is 3. The van der Waals surface area contributed by atoms with Crippen molar-refractivity contribution in [3.05, 3.63) is 74.4 Å². The number of dihydropyridines is 1. The van der Waals surface area contributed by atoms with Gasteiger partial charge in [0.2, 0.25) is 5.91 Å². The zero-order valence-corrected chi connectivity index (χ0v) is 25.9. The van der Waals surface area contributed by atoms with E-state index in [0.29, 0.717) is 18.8 Å². The molecule has 3 fully saturated rings. The quantitative estimate of drug-likeness (QED) is 0.147. The molecule has 240 valence electrons. The van der Waals surface area contributed by atoms with E-state index in [4.69, 9.17) is 11.1 Å². The molecule has 0 spiro atoms. The predicted octanol–water partition coefficient (Wildman–Crippen LogP) is 3.54. The van der Waals surface area contributed by atoms with Crippen molar-refractivity contribution in [3.8, 4) is 0 Å². The monoisotopic (exact) mass is 617 g/mol. The van der Waals surface area contributed by atoms with E-state index < -0.39 is 6.04 Å². The van der Waals surface area contributed by atoms with Crippen molar-refractivity contribution >= 4 is 17.5 Å². The number of carbonyl (C=O) groups excluding carboxylic acids is 2. The van der Waals surface area contributed by atoms with E-state index in [1.54, 1.807) is 24.1 Å². The summed E-state index contributed by atoms with van der Waals surface area (Å²) in [5, 5.41) is 17.5. The second-order valence-corrected chi connectivity index (χ2v) is 11.9. The summed E-state index contributed by atoms with van der Waals surface area (Å²) >= 11 is 0. The molecule has 1 aromatic rings. The number of amides is 2. The molecule has 1 unspecified atom stereocenters. The van der Waals surface area contributed by atoms with Gasteiger partial charge in [-0.25, -0.2) is 0 Å². The number of anilines is 1. The molecular formula is C30H43N13O2. The molecule has 0 radical (unpaired) electrons. The largest absolute Gasteiger partial charge is 0.351 e. The molecular weight excluding hydrogens is 574 g/mol. The highest BCUT2D eigenvalue weighted by Gasteiger charge is 2.46. The van der Waals surface area contributed by atoms with Gasteiger partial charge in [-0.05, 0) is 60.3 Å². The maximum Gasteiger partial charge on any atom is 0.251 e. The first-order valence-electron chi connectivity index (χ1n) is 15.8. The van der Waals surface area contributed by atoms with Gasteiger partial charge in [0.25, 0.3) is 5.91 Å². The number of fused-ring (bicyclic) bond motifs is 1. The van der Waals surface area contributed by atoms with Gasteiger partial charge >= 0.3 is 0 Å². The second kappa shape index (κ2) is 15.6. The van der Waals surface area contributed by atoms with Gasteiger partial charge in [0.15, 0.2) is 0 Å². The number of likely N-dealkylation sites (N-methyl/N-ethyl adjacent to an activating group) is 1. The van der Waals surface area contributed by atoms with Crippen molar-refractivity contribution in [2.75, 3.05) is 64.8 Å². The van der Waals surface area contributed by atoms with Crippen molar-refractivity contribution < 1.29 is 9.59 Å². The zero-order valence-electron chi connectivity index (χ0n) is 25.9. The molecule has 2 saturated heterocycles. The van der Waals surface area contributed by atoms with Gasteiger partial charge in [0.05, 0.1) is 25.0 Å². The van der Waals surface area contributed by atoms with Gasteiger partial charge in [-0.2, -0.15) is 0 Å². The highest BCUT2D eigenvalue weighted by molar-refractivity contribution is 5.94. The normalized spacial score (nSPS) is 23.3. The van der Waals surface area contributed by atoms with Crippen LogP contribution in [0.2, 0.25) is 0 Å². The van der Waals surface area contributed by atoms with Crippen LogP contribution in [0.4, 0.5) is 5.69 Å². The number of rotatable bonds is 11. The van der Waals surface area contributed by atoms with Crippen LogP contribution in [0.5, 0.6) is 0 Å². The number of hydrogen-bond donors (Lipinski definition) is 3. The summed E-state index contributed by atoms with van der Waals surface area (Å²) in [4.78, 5) is 40.3. The molecule has 4 aliphatic rings. The van der Waals surface area contributed by atoms with E-state index in [0.717, 1.165) is 75.6 Å². The lowest BCUT2D eigenvalue weighted by molar-refractivity contribution is -0.141. The third-order valence-corrected chi connectivity index (χ3v) is 9.15. The minimum atomic E-state index is -0.533. The van der Waals surface area contributed by atoms with Gasteiger partial charge in [-0.15, -0.1) is 0 Å². The van der Waals surface area contributed by atoms with E-state index in [2.05, 4.69) is 50.7 Å². The third kappa shape index (κ3) is 8.07. The van der Waals surface area contributed by atoms with Crippen molar-refractivity contribution in [1.29, 1.82) is 0 Å². The predicted molar refractivity (Wildman–Crippen MR) is 171 cm³/mol. The summed E-state index contributed by atoms with van der Waals surface area (Å²) in [5.41, 5.74) is 19.8. The Hall–Kier alpha value is -4.26. The lowest BCUT2D eigenvalue weighted by atomic mass is 9.97. The van der Waals surface area contributed by atoms with Gasteiger partial charge in [0.1, 0.15) is 12.0 Å². The fourth-order valence-electron chi connectivity index (χ4n) is 6.66. The molecule has 1 saturated carbocycles. The summed E-state index contributed by atoms with van der Waals surface area (Å²) in [6.45, 7) is 5.23. The van der Waals surface area contributed by atoms with Crippen LogP contribution in [0, 0.1) is 0 Å². The van der Waals surface area contributed by atoms with Crippen LogP contribution in [-0.2, 0) is 4.79 Å². The molecule has 3 aliphatic heterocycles. The van der Waals surface area contributed by atoms with E-state index >= 15 is 0 Å². The number of piperazine rings is 2. The molecule has 5 rings (SSSR count). The molecule has 2 atom stereocenters. The van der Waals surface area contributed by atoms with E-state index in [1.807, 2.05) is 24.3 Å². The van der Waals surface area contributed by atoms with E-state index in [1.165, 1.54) is 12.8 Å². The molecule has 1 aliphatic carbocycles. The van der Waals surface area contributed by atoms with Crippen LogP contribution < -0.4 is 16.0 Å². The average molecular weight is 618 g/mol. The van der Waals surface area contributed by atoms with Crippen LogP contribution in [0.25, 0.3) is 20.9 Å². The maximum absolute atomic E-state index is 13.4. The fraction of sp³-hybridized carbons (Fsp3) is 0.600. The maximum atomic E-state index is 13.4. The van der Waals surface area contributed by atoms with E-state index in [9.17, 15) is 9.59 Å². The zero-order chi connectivity index (χ0) is 31.6. The topological polar surface area (TPSA) is 181 Å². The first kappa shape index (κ1) is 32.1. The lowest BCUT2D eigenvalue weighted by Crippen LogP contribution is -2.67. The smallest absolute Gasteiger partial charge is 0.251 e. The molecule has 1 aromatic carbocycles. The SMILES string of the molecule is CN1C(=O)[C@@H](CN=[N+]=[N-])N(C2CCCCCC2)C2NC(Nc3ccc(C(=O)NCCN4CCN(CN=[N+]=[N-])CC4)cc3)=CC=C21. The van der Waals surface area contributed by atoms with Crippen molar-refractivity contribution in [1.82, 2.24) is 30.2 Å². The Morgan fingerprint density at radius 3 is 2.36 bits per heavy atom. The fourth-order valence-corrected chi connectivity index (χ4v) is 6.66. The average Bonchev–Trinajstić information content (AvgIpc) is 3.35. The first-order valence-corrected chi connectivity index (χ1v) is 15.8. The van der Waals surface area contributed by atoms with Gasteiger partial charge in [-0.3, -0.25) is 24.3 Å². The molecule has 15 heteroatoms. The summed E-state index contributed by atoms with van der Waals surface area (Å²) in [6.07, 6.45) is 10.3. The Balaban J connectivity index is 1.18. The van der Waals surface area contributed by atoms with Crippen LogP contribution in [0.3, 0.4) is 0 Å². The number of hydrogen-bond acceptors (Lipinski definition) is 9. The standard InChI is InChI=1S/C30H43N13O2/c1-40-25-12-13-27(37-28(25)43(24-6-4-2-3-5-7-24)26(30(40)45)20-34-38-31)36-23-10-8-22(9-11-23)29(44)33-14-15-41-16-18-42(19-17-41)21-35-39-32/h8-13,24,26,28,36-37H,2-7,14-21H2,1H3,(H,33,44)/t26-,28?/m1/s1. The Kier molecular flexibility index (Phi) is 11.2. The Labute approximate surface area is 263 Å². The Morgan fingerprint density at radius 1 is 0.978 bits per heavy atom. The molecule has 15 nitrogen and oxygen atoms in total. The number of carbonyl (C=O) groups is 2. The lowest BCUT2D eigenvalue weighted by Gasteiger charge is -2.51. The highest BCUT2D eigenvalue weighted by Crippen LogP contribution is 2.33. The molecule has 3 heterocycles. The van der Waals surface area contributed by atoms with Gasteiger partial charge < -0.3 is 20.9 Å². The Morgan fingerprint density at radius 2 is 1.67 bits per heavy atom. The van der Waals surface area contributed by atoms with Crippen molar-refractivity contribution in [3.63, 3.8) is 0 Å². The van der Waals surface area contributed by atoms with Crippen LogP contribution in [-0.4, -0.2) is 109 Å². The number of azide groups is 2. The molecule has 45 heavy (non-hydrogen) atoms. The van der Waals surface area contributed by atoms with Crippen LogP contribution >= 0.6 is 0 Å². The number of allylic oxidation sites excluding steroid dienone is 2. The minimum absolute atomic E-state index is 0.0561. The van der Waals surface area contributed by atoms with Crippen molar-refractivity contribution in [2.45, 2.75) is 56.8 Å². The second-order valence-electron chi connectivity index (χ2n) is 11.9. The number of benzene rings is 1. The molecule has 0 aromatic heterocycles. The summed E-state index contributed by atoms with van der Waals surface area (Å²) < 4.78 is 0. The number of nitrogens with zero attached hydrogens (tertiary/aromatic N) is 10. The molecule has 2 amide bonds. The minimum Gasteiger partial charge on any atom is -0.351 e. The van der Waals surface area contributed by atoms with Gasteiger partial charge in [-0.1, -0.05) is 35.9 Å². The van der Waals surface area contributed by atoms with Crippen LogP contribution in [0.15, 0.2) is 58.2 Å². The highest BCUT2D eigenvalue weighted by atomic mass is 16.2. The van der Waals surface area contributed by atoms with Crippen LogP contribution in [0.1, 0.15) is 48.9 Å². The van der Waals surface area contributed by atoms with E-state index in [-0.39, 0.29) is 30.6 Å².